The standard InChI is InChI=1S/C8H9NO.C5H4O2S/c1-7(10)9-8-5-3-2-4-6-8;6-5(7)4-2-1-3-8-4/h2-6H,1H3,(H,9,10);1-3H,(H,6,7). The summed E-state index contributed by atoms with van der Waals surface area (Å²) in [5.74, 6) is -0.883. The molecular weight excluding hydrogens is 250 g/mol. The van der Waals surface area contributed by atoms with Gasteiger partial charge in [0.2, 0.25) is 5.91 Å². The highest BCUT2D eigenvalue weighted by molar-refractivity contribution is 7.11. The van der Waals surface area contributed by atoms with Crippen molar-refractivity contribution < 1.29 is 14.7 Å². The zero-order valence-electron chi connectivity index (χ0n) is 9.79. The van der Waals surface area contributed by atoms with E-state index in [-0.39, 0.29) is 5.91 Å². The molecule has 1 amide bonds. The van der Waals surface area contributed by atoms with Crippen molar-refractivity contribution in [2.45, 2.75) is 6.92 Å². The predicted molar refractivity (Wildman–Crippen MR) is 72.0 cm³/mol. The molecule has 1 aromatic heterocycles. The smallest absolute Gasteiger partial charge is 0.345 e. The molecule has 1 heterocycles. The van der Waals surface area contributed by atoms with Crippen LogP contribution >= 0.6 is 11.3 Å². The van der Waals surface area contributed by atoms with Gasteiger partial charge in [-0.25, -0.2) is 4.79 Å². The van der Waals surface area contributed by atoms with E-state index in [1.807, 2.05) is 30.3 Å². The van der Waals surface area contributed by atoms with E-state index in [1.54, 1.807) is 17.5 Å². The Morgan fingerprint density at radius 1 is 1.11 bits per heavy atom. The molecule has 0 spiro atoms. The molecule has 2 rings (SSSR count). The van der Waals surface area contributed by atoms with E-state index >= 15 is 0 Å². The van der Waals surface area contributed by atoms with E-state index in [4.69, 9.17) is 5.11 Å². The Kier molecular flexibility index (Phi) is 5.60. The summed E-state index contributed by atoms with van der Waals surface area (Å²) in [5.41, 5.74) is 0.843. The van der Waals surface area contributed by atoms with Gasteiger partial charge < -0.3 is 10.4 Å². The van der Waals surface area contributed by atoms with E-state index in [0.29, 0.717) is 4.88 Å². The molecule has 0 saturated carbocycles. The summed E-state index contributed by atoms with van der Waals surface area (Å²) in [7, 11) is 0. The second-order valence-corrected chi connectivity index (χ2v) is 4.28. The third-order valence-corrected chi connectivity index (χ3v) is 2.68. The van der Waals surface area contributed by atoms with Crippen LogP contribution in [0.25, 0.3) is 0 Å². The van der Waals surface area contributed by atoms with Crippen LogP contribution < -0.4 is 5.32 Å². The lowest BCUT2D eigenvalue weighted by molar-refractivity contribution is -0.114. The highest BCUT2D eigenvalue weighted by atomic mass is 32.1. The van der Waals surface area contributed by atoms with Crippen LogP contribution in [-0.2, 0) is 4.79 Å². The molecule has 4 nitrogen and oxygen atoms in total. The number of aromatic carboxylic acids is 1. The van der Waals surface area contributed by atoms with Crippen LogP contribution in [-0.4, -0.2) is 17.0 Å². The van der Waals surface area contributed by atoms with Crippen LogP contribution in [0.4, 0.5) is 5.69 Å². The number of anilines is 1. The number of hydrogen-bond donors (Lipinski definition) is 2. The summed E-state index contributed by atoms with van der Waals surface area (Å²) in [6.45, 7) is 1.49. The number of nitrogens with one attached hydrogen (secondary N) is 1. The molecule has 94 valence electrons. The van der Waals surface area contributed by atoms with Crippen LogP contribution in [0.5, 0.6) is 0 Å². The number of rotatable bonds is 2. The number of hydrogen-bond acceptors (Lipinski definition) is 3. The average molecular weight is 263 g/mol. The second kappa shape index (κ2) is 7.24. The van der Waals surface area contributed by atoms with Crippen molar-refractivity contribution in [2.24, 2.45) is 0 Å². The zero-order valence-corrected chi connectivity index (χ0v) is 10.6. The summed E-state index contributed by atoms with van der Waals surface area (Å²) in [5, 5.41) is 12.7. The van der Waals surface area contributed by atoms with Crippen LogP contribution in [0.2, 0.25) is 0 Å². The summed E-state index contributed by atoms with van der Waals surface area (Å²) in [6, 6.07) is 12.7. The maximum absolute atomic E-state index is 10.5. The van der Waals surface area contributed by atoms with Gasteiger partial charge in [-0.1, -0.05) is 24.3 Å². The minimum Gasteiger partial charge on any atom is -0.477 e. The van der Waals surface area contributed by atoms with Crippen LogP contribution in [0.3, 0.4) is 0 Å². The van der Waals surface area contributed by atoms with Crippen molar-refractivity contribution in [3.05, 3.63) is 52.7 Å². The summed E-state index contributed by atoms with van der Waals surface area (Å²) in [6.07, 6.45) is 0. The number of para-hydroxylation sites is 1. The first kappa shape index (κ1) is 13.9. The van der Waals surface area contributed by atoms with Crippen molar-refractivity contribution in [1.29, 1.82) is 0 Å². The van der Waals surface area contributed by atoms with Gasteiger partial charge in [0, 0.05) is 12.6 Å². The fraction of sp³-hybridized carbons (Fsp3) is 0.0769. The van der Waals surface area contributed by atoms with Gasteiger partial charge in [-0.15, -0.1) is 11.3 Å². The Balaban J connectivity index is 0.000000184. The van der Waals surface area contributed by atoms with Gasteiger partial charge in [0.05, 0.1) is 0 Å². The number of carboxylic acids is 1. The lowest BCUT2D eigenvalue weighted by atomic mass is 10.3. The number of carboxylic acid groups (broad SMARTS) is 1. The first-order valence-corrected chi connectivity index (χ1v) is 6.07. The van der Waals surface area contributed by atoms with Gasteiger partial charge in [-0.05, 0) is 23.6 Å². The van der Waals surface area contributed by atoms with Crippen LogP contribution in [0, 0.1) is 0 Å². The third-order valence-electron chi connectivity index (χ3n) is 1.83. The molecule has 18 heavy (non-hydrogen) atoms. The van der Waals surface area contributed by atoms with E-state index in [2.05, 4.69) is 5.32 Å². The number of carbonyl (C=O) groups is 2. The molecule has 0 unspecified atom stereocenters. The van der Waals surface area contributed by atoms with Crippen molar-refractivity contribution in [3.8, 4) is 0 Å². The quantitative estimate of drug-likeness (QED) is 0.875. The molecule has 0 aliphatic heterocycles. The Hall–Kier alpha value is -2.14. The van der Waals surface area contributed by atoms with Crippen molar-refractivity contribution in [2.75, 3.05) is 5.32 Å². The van der Waals surface area contributed by atoms with E-state index in [1.165, 1.54) is 18.3 Å². The molecule has 2 N–H and O–H groups in total. The lowest BCUT2D eigenvalue weighted by Crippen LogP contribution is -2.04. The van der Waals surface area contributed by atoms with E-state index in [0.717, 1.165) is 5.69 Å². The number of amides is 1. The van der Waals surface area contributed by atoms with Crippen molar-refractivity contribution in [3.63, 3.8) is 0 Å². The van der Waals surface area contributed by atoms with E-state index in [9.17, 15) is 9.59 Å². The zero-order chi connectivity index (χ0) is 13.4. The average Bonchev–Trinajstić information content (AvgIpc) is 2.84. The third kappa shape index (κ3) is 5.27. The molecule has 2 aromatic rings. The van der Waals surface area contributed by atoms with Crippen LogP contribution in [0.15, 0.2) is 47.8 Å². The van der Waals surface area contributed by atoms with Crippen molar-refractivity contribution in [1.82, 2.24) is 0 Å². The Labute approximate surface area is 109 Å². The fourth-order valence-electron chi connectivity index (χ4n) is 1.12. The topological polar surface area (TPSA) is 66.4 Å². The molecule has 0 aliphatic rings. The van der Waals surface area contributed by atoms with Crippen LogP contribution in [0.1, 0.15) is 16.6 Å². The minimum absolute atomic E-state index is 0.0359. The second-order valence-electron chi connectivity index (χ2n) is 3.33. The van der Waals surface area contributed by atoms with E-state index < -0.39 is 5.97 Å². The molecule has 0 radical (unpaired) electrons. The molecule has 1 aromatic carbocycles. The summed E-state index contributed by atoms with van der Waals surface area (Å²) in [4.78, 5) is 21.0. The molecule has 5 heteroatoms. The van der Waals surface area contributed by atoms with Gasteiger partial charge in [0.25, 0.3) is 0 Å². The number of thiophene rings is 1. The Morgan fingerprint density at radius 3 is 2.17 bits per heavy atom. The highest BCUT2D eigenvalue weighted by Gasteiger charge is 1.99. The molecule has 0 bridgehead atoms. The number of benzene rings is 1. The normalized spacial score (nSPS) is 8.94. The predicted octanol–water partition coefficient (Wildman–Crippen LogP) is 3.09. The van der Waals surface area contributed by atoms with Gasteiger partial charge >= 0.3 is 5.97 Å². The van der Waals surface area contributed by atoms with Gasteiger partial charge in [-0.3, -0.25) is 4.79 Å². The summed E-state index contributed by atoms with van der Waals surface area (Å²) >= 11 is 1.23. The van der Waals surface area contributed by atoms with Gasteiger partial charge in [0.1, 0.15) is 4.88 Å². The van der Waals surface area contributed by atoms with Gasteiger partial charge in [0.15, 0.2) is 0 Å². The highest BCUT2D eigenvalue weighted by Crippen LogP contribution is 2.06. The van der Waals surface area contributed by atoms with Gasteiger partial charge in [-0.2, -0.15) is 0 Å². The lowest BCUT2D eigenvalue weighted by Gasteiger charge is -1.98. The first-order valence-electron chi connectivity index (χ1n) is 5.19. The summed E-state index contributed by atoms with van der Waals surface area (Å²) < 4.78 is 0. The maximum Gasteiger partial charge on any atom is 0.345 e. The van der Waals surface area contributed by atoms with Crippen molar-refractivity contribution >= 4 is 28.9 Å². The Morgan fingerprint density at radius 2 is 1.78 bits per heavy atom. The SMILES string of the molecule is CC(=O)Nc1ccccc1.O=C(O)c1cccs1. The molecule has 0 fully saturated rings. The molecule has 0 saturated heterocycles. The largest absolute Gasteiger partial charge is 0.477 e. The fourth-order valence-corrected chi connectivity index (χ4v) is 1.69. The maximum atomic E-state index is 10.5. The molecular formula is C13H13NO3S. The number of carbonyl (C=O) groups excluding carboxylic acids is 1. The monoisotopic (exact) mass is 263 g/mol. The minimum atomic E-state index is -0.847. The molecule has 0 aliphatic carbocycles. The first-order chi connectivity index (χ1) is 8.59. The molecule has 0 atom stereocenters. The Bertz CT molecular complexity index is 494.